The van der Waals surface area contributed by atoms with E-state index in [-0.39, 0.29) is 25.2 Å². The lowest BCUT2D eigenvalue weighted by Gasteiger charge is -2.22. The number of aliphatic hydroxyl groups excluding tert-OH is 1. The molecule has 1 fully saturated rings. The number of rotatable bonds is 15. The molecule has 1 rings (SSSR count). The maximum atomic E-state index is 10.6. The highest BCUT2D eigenvalue weighted by Gasteiger charge is 2.41. The van der Waals surface area contributed by atoms with Gasteiger partial charge in [-0.2, -0.15) is 0 Å². The second kappa shape index (κ2) is 14.8. The van der Waals surface area contributed by atoms with Crippen LogP contribution in [0.4, 0.5) is 0 Å². The highest BCUT2D eigenvalue weighted by atomic mass is 16.5. The van der Waals surface area contributed by atoms with Crippen LogP contribution in [0.5, 0.6) is 0 Å². The molecule has 0 amide bonds. The lowest BCUT2D eigenvalue weighted by atomic mass is 9.89. The fraction of sp³-hybridized carbons (Fsp3) is 0.773. The maximum absolute atomic E-state index is 10.6. The second-order valence-corrected chi connectivity index (χ2v) is 7.37. The number of carboxylic acids is 1. The fourth-order valence-electron chi connectivity index (χ4n) is 3.91. The molecule has 1 saturated carbocycles. The highest BCUT2D eigenvalue weighted by Crippen LogP contribution is 2.39. The van der Waals surface area contributed by atoms with Gasteiger partial charge in [-0.1, -0.05) is 37.1 Å². The topological polar surface area (TPSA) is 76.0 Å². The van der Waals surface area contributed by atoms with Crippen molar-refractivity contribution in [2.24, 2.45) is 11.8 Å². The van der Waals surface area contributed by atoms with Crippen LogP contribution in [0.25, 0.3) is 0 Å². The van der Waals surface area contributed by atoms with E-state index in [0.717, 1.165) is 51.4 Å². The van der Waals surface area contributed by atoms with E-state index in [1.165, 1.54) is 0 Å². The van der Waals surface area contributed by atoms with Gasteiger partial charge in [0.05, 0.1) is 12.2 Å². The van der Waals surface area contributed by atoms with E-state index in [9.17, 15) is 4.79 Å². The molecule has 156 valence electrons. The van der Waals surface area contributed by atoms with Gasteiger partial charge >= 0.3 is 5.97 Å². The van der Waals surface area contributed by atoms with Crippen molar-refractivity contribution in [2.75, 3.05) is 20.8 Å². The minimum Gasteiger partial charge on any atom is -0.481 e. The first-order valence-electron chi connectivity index (χ1n) is 10.3. The summed E-state index contributed by atoms with van der Waals surface area (Å²) in [6.45, 7) is 0.289. The smallest absolute Gasteiger partial charge is 0.303 e. The number of ether oxygens (including phenoxy) is 2. The van der Waals surface area contributed by atoms with Crippen LogP contribution in [-0.4, -0.2) is 49.2 Å². The average molecular weight is 383 g/mol. The Labute approximate surface area is 164 Å². The second-order valence-electron chi connectivity index (χ2n) is 7.37. The molecule has 5 heteroatoms. The van der Waals surface area contributed by atoms with Crippen molar-refractivity contribution in [1.82, 2.24) is 0 Å². The Morgan fingerprint density at radius 1 is 0.963 bits per heavy atom. The molecule has 0 saturated heterocycles. The van der Waals surface area contributed by atoms with Crippen LogP contribution in [0.3, 0.4) is 0 Å². The van der Waals surface area contributed by atoms with Gasteiger partial charge in [-0.25, -0.2) is 0 Å². The number of hydrogen-bond acceptors (Lipinski definition) is 4. The van der Waals surface area contributed by atoms with Gasteiger partial charge in [0.1, 0.15) is 0 Å². The van der Waals surface area contributed by atoms with E-state index < -0.39 is 5.97 Å². The van der Waals surface area contributed by atoms with Crippen molar-refractivity contribution in [1.29, 1.82) is 0 Å². The predicted molar refractivity (Wildman–Crippen MR) is 108 cm³/mol. The van der Waals surface area contributed by atoms with Crippen molar-refractivity contribution in [2.45, 2.75) is 76.4 Å². The zero-order valence-corrected chi connectivity index (χ0v) is 17.0. The number of carbonyl (C=O) groups is 1. The third-order valence-electron chi connectivity index (χ3n) is 5.44. The van der Waals surface area contributed by atoms with Crippen LogP contribution in [0.1, 0.15) is 64.2 Å². The normalized spacial score (nSPS) is 25.7. The fourth-order valence-corrected chi connectivity index (χ4v) is 3.91. The molecule has 0 aliphatic heterocycles. The Bertz CT molecular complexity index is 446. The quantitative estimate of drug-likeness (QED) is 0.325. The summed E-state index contributed by atoms with van der Waals surface area (Å²) in [6, 6.07) is 0. The molecule has 0 aromatic rings. The molecule has 1 aliphatic rings. The van der Waals surface area contributed by atoms with E-state index in [0.29, 0.717) is 18.3 Å². The summed E-state index contributed by atoms with van der Waals surface area (Å²) in [5, 5.41) is 17.5. The van der Waals surface area contributed by atoms with E-state index in [2.05, 4.69) is 24.3 Å². The molecular formula is C22H38O5. The van der Waals surface area contributed by atoms with Gasteiger partial charge in [-0.3, -0.25) is 4.79 Å². The molecular weight excluding hydrogens is 344 g/mol. The predicted octanol–water partition coefficient (Wildman–Crippen LogP) is 4.35. The first kappa shape index (κ1) is 23.9. The van der Waals surface area contributed by atoms with Crippen molar-refractivity contribution < 1.29 is 24.5 Å². The Balaban J connectivity index is 2.50. The molecule has 0 heterocycles. The minimum atomic E-state index is -0.733. The lowest BCUT2D eigenvalue weighted by molar-refractivity contribution is -0.137. The monoisotopic (exact) mass is 382 g/mol. The summed E-state index contributed by atoms with van der Waals surface area (Å²) in [4.78, 5) is 10.6. The zero-order valence-electron chi connectivity index (χ0n) is 17.0. The molecule has 1 unspecified atom stereocenters. The van der Waals surface area contributed by atoms with E-state index >= 15 is 0 Å². The molecule has 5 nitrogen and oxygen atoms in total. The molecule has 2 N–H and O–H groups in total. The molecule has 27 heavy (non-hydrogen) atoms. The van der Waals surface area contributed by atoms with Crippen molar-refractivity contribution >= 4 is 5.97 Å². The Morgan fingerprint density at radius 2 is 1.67 bits per heavy atom. The summed E-state index contributed by atoms with van der Waals surface area (Å²) < 4.78 is 11.4. The Kier molecular flexibility index (Phi) is 13.1. The van der Waals surface area contributed by atoms with Gasteiger partial charge in [0.2, 0.25) is 0 Å². The molecule has 0 aromatic carbocycles. The first-order chi connectivity index (χ1) is 13.1. The number of aliphatic carboxylic acids is 1. The van der Waals surface area contributed by atoms with Crippen LogP contribution in [0.15, 0.2) is 24.3 Å². The number of methoxy groups -OCH3 is 2. The largest absolute Gasteiger partial charge is 0.481 e. The van der Waals surface area contributed by atoms with Crippen LogP contribution in [0.2, 0.25) is 0 Å². The number of carboxylic acid groups (broad SMARTS) is 1. The number of unbranched alkanes of at least 4 members (excludes halogenated alkanes) is 5. The molecule has 0 bridgehead atoms. The molecule has 0 radical (unpaired) electrons. The lowest BCUT2D eigenvalue weighted by Crippen LogP contribution is -2.22. The van der Waals surface area contributed by atoms with Crippen molar-refractivity contribution in [3.05, 3.63) is 24.3 Å². The zero-order chi connectivity index (χ0) is 19.9. The first-order valence-corrected chi connectivity index (χ1v) is 10.3. The van der Waals surface area contributed by atoms with Crippen LogP contribution >= 0.6 is 0 Å². The minimum absolute atomic E-state index is 0.186. The van der Waals surface area contributed by atoms with E-state index in [1.54, 1.807) is 14.2 Å². The summed E-state index contributed by atoms with van der Waals surface area (Å²) in [5.41, 5.74) is 0. The molecule has 1 aliphatic carbocycles. The van der Waals surface area contributed by atoms with Crippen LogP contribution < -0.4 is 0 Å². The average Bonchev–Trinajstić information content (AvgIpc) is 3.00. The van der Waals surface area contributed by atoms with Crippen LogP contribution in [-0.2, 0) is 14.3 Å². The van der Waals surface area contributed by atoms with Crippen molar-refractivity contribution in [3.8, 4) is 0 Å². The molecule has 0 spiro atoms. The maximum Gasteiger partial charge on any atom is 0.303 e. The number of hydrogen-bond donors (Lipinski definition) is 2. The third-order valence-corrected chi connectivity index (χ3v) is 5.44. The Morgan fingerprint density at radius 3 is 2.33 bits per heavy atom. The number of allylic oxidation sites excluding steroid dienone is 3. The van der Waals surface area contributed by atoms with E-state index in [4.69, 9.17) is 19.7 Å². The highest BCUT2D eigenvalue weighted by molar-refractivity contribution is 5.66. The standard InChI is InChI=1S/C22H38O5/c1-26-20-17-21(27-2)19(14-10-6-7-11-15-22(24)25)18(20)13-9-5-3-4-8-12-16-23/h6,9-10,13,18-21,23H,3-5,7-8,11-12,14-17H2,1-2H3,(H,24,25)/b10-6-,13-9+/t18-,19?,20+,21+/m1/s1. The summed E-state index contributed by atoms with van der Waals surface area (Å²) >= 11 is 0. The number of aliphatic hydroxyl groups is 1. The Hall–Kier alpha value is -1.17. The van der Waals surface area contributed by atoms with Gasteiger partial charge in [-0.15, -0.1) is 0 Å². The summed E-state index contributed by atoms with van der Waals surface area (Å²) in [6.07, 6.45) is 18.2. The summed E-state index contributed by atoms with van der Waals surface area (Å²) in [5.74, 6) is 0.00510. The molecule has 4 atom stereocenters. The van der Waals surface area contributed by atoms with E-state index in [1.807, 2.05) is 0 Å². The molecule has 0 aromatic heterocycles. The third kappa shape index (κ3) is 9.54. The van der Waals surface area contributed by atoms with Crippen molar-refractivity contribution in [3.63, 3.8) is 0 Å². The summed E-state index contributed by atoms with van der Waals surface area (Å²) in [7, 11) is 3.55. The van der Waals surface area contributed by atoms with Crippen LogP contribution in [0, 0.1) is 11.8 Å². The SMILES string of the molecule is CO[C@H]1C[C@H](OC)[C@H](/C=C/CCCCCCO)C1C/C=C\CCCC(=O)O. The van der Waals surface area contributed by atoms with Gasteiger partial charge < -0.3 is 19.7 Å². The van der Waals surface area contributed by atoms with Gasteiger partial charge in [0, 0.05) is 39.6 Å². The van der Waals surface area contributed by atoms with Gasteiger partial charge in [-0.05, 0) is 44.4 Å². The van der Waals surface area contributed by atoms with Gasteiger partial charge in [0.15, 0.2) is 0 Å². The van der Waals surface area contributed by atoms with Gasteiger partial charge in [0.25, 0.3) is 0 Å².